The van der Waals surface area contributed by atoms with E-state index in [1.165, 1.54) is 21.2 Å². The van der Waals surface area contributed by atoms with Gasteiger partial charge in [-0.3, -0.25) is 4.79 Å². The molecule has 200 valence electrons. The zero-order valence-corrected chi connectivity index (χ0v) is 23.5. The lowest BCUT2D eigenvalue weighted by Gasteiger charge is -2.32. The molecule has 0 saturated heterocycles. The van der Waals surface area contributed by atoms with Gasteiger partial charge < -0.3 is 14.6 Å². The van der Waals surface area contributed by atoms with Crippen molar-refractivity contribution in [1.82, 2.24) is 10.3 Å². The highest BCUT2D eigenvalue weighted by Crippen LogP contribution is 2.47. The Balaban J connectivity index is 0.00000137. The van der Waals surface area contributed by atoms with Gasteiger partial charge in [0.05, 0.1) is 22.3 Å². The number of hydrogen-bond acceptors (Lipinski definition) is 6. The van der Waals surface area contributed by atoms with Gasteiger partial charge in [-0.05, 0) is 55.2 Å². The van der Waals surface area contributed by atoms with Crippen molar-refractivity contribution in [1.29, 1.82) is 0 Å². The molecule has 38 heavy (non-hydrogen) atoms. The third-order valence-electron chi connectivity index (χ3n) is 6.45. The second-order valence-corrected chi connectivity index (χ2v) is 10.5. The molecule has 0 aliphatic carbocycles. The van der Waals surface area contributed by atoms with E-state index < -0.39 is 11.7 Å². The lowest BCUT2D eigenvalue weighted by Crippen LogP contribution is -2.33. The van der Waals surface area contributed by atoms with Crippen LogP contribution in [0.2, 0.25) is 0 Å². The van der Waals surface area contributed by atoms with Crippen LogP contribution >= 0.6 is 11.8 Å². The highest BCUT2D eigenvalue weighted by Gasteiger charge is 2.25. The molecule has 1 amide bonds. The number of fused-ring (bicyclic) bond motifs is 3. The number of aromatic nitrogens is 1. The zero-order valence-electron chi connectivity index (χ0n) is 22.7. The van der Waals surface area contributed by atoms with Gasteiger partial charge in [0.2, 0.25) is 11.8 Å². The van der Waals surface area contributed by atoms with E-state index in [0.29, 0.717) is 23.7 Å². The van der Waals surface area contributed by atoms with Gasteiger partial charge in [-0.15, -0.1) is 0 Å². The molecule has 4 aromatic rings. The number of para-hydroxylation sites is 2. The molecule has 3 aromatic carbocycles. The molecule has 1 aliphatic heterocycles. The van der Waals surface area contributed by atoms with E-state index in [1.807, 2.05) is 58.9 Å². The van der Waals surface area contributed by atoms with Crippen molar-refractivity contribution >= 4 is 39.9 Å². The number of carbonyl (C=O) groups excluding carboxylic acids is 1. The van der Waals surface area contributed by atoms with E-state index in [4.69, 9.17) is 4.42 Å². The Morgan fingerprint density at radius 2 is 1.63 bits per heavy atom. The summed E-state index contributed by atoms with van der Waals surface area (Å²) in [5, 5.41) is 3.54. The Labute approximate surface area is 230 Å². The van der Waals surface area contributed by atoms with Crippen molar-refractivity contribution < 1.29 is 10.6 Å². The van der Waals surface area contributed by atoms with Crippen LogP contribution in [0.5, 0.6) is 0 Å². The standard InChI is InChI=1S/C29H29N3O3S.C2H6.H2/c1-18(2)27(28-30-20-11-8-10-19(3)26(20)29(34)35-28)31-25(33)16-9-17-32-21-12-4-6-14-23(21)36-24-15-7-5-13-22(24)32;1-2;/h4-8,10-15,18,27H,9,16-17H2,1-3H3,(H,31,33);1-2H3;1H/t27-;;/m0../s1. The van der Waals surface area contributed by atoms with E-state index >= 15 is 0 Å². The van der Waals surface area contributed by atoms with E-state index in [9.17, 15) is 9.59 Å². The Morgan fingerprint density at radius 1 is 1.00 bits per heavy atom. The van der Waals surface area contributed by atoms with Crippen LogP contribution in [-0.2, 0) is 4.79 Å². The SMILES string of the molecule is CC.Cc1cccc2nc([C@@H](NC(=O)CCCN3c4ccccc4Sc4ccccc43)C(C)C)oc(=O)c12.[HH]. The Kier molecular flexibility index (Phi) is 8.89. The molecule has 6 nitrogen and oxygen atoms in total. The molecule has 0 bridgehead atoms. The molecule has 0 fully saturated rings. The van der Waals surface area contributed by atoms with Gasteiger partial charge in [0.15, 0.2) is 0 Å². The number of nitrogens with one attached hydrogen (secondary N) is 1. The van der Waals surface area contributed by atoms with Crippen molar-refractivity contribution in [3.63, 3.8) is 0 Å². The first kappa shape index (κ1) is 27.5. The highest BCUT2D eigenvalue weighted by atomic mass is 32.2. The zero-order chi connectivity index (χ0) is 27.2. The molecule has 0 radical (unpaired) electrons. The molecule has 1 aromatic heterocycles. The van der Waals surface area contributed by atoms with Gasteiger partial charge in [0.1, 0.15) is 6.04 Å². The fourth-order valence-electron chi connectivity index (χ4n) is 4.61. The number of hydrogen-bond donors (Lipinski definition) is 1. The fraction of sp³-hybridized carbons (Fsp3) is 0.323. The average Bonchev–Trinajstić information content (AvgIpc) is 2.92. The summed E-state index contributed by atoms with van der Waals surface area (Å²) in [7, 11) is 0. The minimum absolute atomic E-state index is 0. The monoisotopic (exact) mass is 531 g/mol. The number of amides is 1. The Hall–Kier alpha value is -3.58. The van der Waals surface area contributed by atoms with Crippen molar-refractivity contribution in [2.24, 2.45) is 5.92 Å². The topological polar surface area (TPSA) is 75.4 Å². The summed E-state index contributed by atoms with van der Waals surface area (Å²) < 4.78 is 5.58. The Morgan fingerprint density at radius 3 is 2.26 bits per heavy atom. The highest BCUT2D eigenvalue weighted by molar-refractivity contribution is 7.99. The van der Waals surface area contributed by atoms with Gasteiger partial charge in [0.25, 0.3) is 0 Å². The molecule has 0 saturated carbocycles. The van der Waals surface area contributed by atoms with E-state index in [2.05, 4.69) is 51.6 Å². The first-order valence-electron chi connectivity index (χ1n) is 13.3. The van der Waals surface area contributed by atoms with E-state index in [1.54, 1.807) is 17.8 Å². The number of anilines is 2. The minimum Gasteiger partial charge on any atom is -0.406 e. The second-order valence-electron chi connectivity index (χ2n) is 9.39. The molecular weight excluding hydrogens is 494 g/mol. The number of nitrogens with zero attached hydrogens (tertiary/aromatic N) is 2. The molecule has 0 spiro atoms. The molecule has 1 aliphatic rings. The number of aryl methyl sites for hydroxylation is 1. The fourth-order valence-corrected chi connectivity index (χ4v) is 5.71. The minimum atomic E-state index is -0.483. The van der Waals surface area contributed by atoms with Crippen LogP contribution < -0.4 is 15.8 Å². The Bertz CT molecular complexity index is 1440. The van der Waals surface area contributed by atoms with Crippen molar-refractivity contribution in [2.75, 3.05) is 11.4 Å². The summed E-state index contributed by atoms with van der Waals surface area (Å²) in [5.74, 6) is 0.164. The molecule has 2 heterocycles. The van der Waals surface area contributed by atoms with Crippen LogP contribution in [0.1, 0.15) is 59.5 Å². The summed E-state index contributed by atoms with van der Waals surface area (Å²) in [6.07, 6.45) is 1.03. The van der Waals surface area contributed by atoms with E-state index in [0.717, 1.165) is 12.1 Å². The summed E-state index contributed by atoms with van der Waals surface area (Å²) in [4.78, 5) is 34.9. The first-order chi connectivity index (χ1) is 18.4. The normalized spacial score (nSPS) is 12.8. The molecular formula is C31H37N3O3S. The maximum Gasteiger partial charge on any atom is 0.347 e. The van der Waals surface area contributed by atoms with Crippen molar-refractivity contribution in [3.8, 4) is 0 Å². The largest absolute Gasteiger partial charge is 0.406 e. The van der Waals surface area contributed by atoms with Crippen LogP contribution in [0.4, 0.5) is 11.4 Å². The summed E-state index contributed by atoms with van der Waals surface area (Å²) in [6, 6.07) is 21.8. The van der Waals surface area contributed by atoms with Crippen molar-refractivity contribution in [3.05, 3.63) is 88.6 Å². The van der Waals surface area contributed by atoms with Crippen LogP contribution in [0, 0.1) is 12.8 Å². The molecule has 7 heteroatoms. The maximum atomic E-state index is 13.0. The summed E-state index contributed by atoms with van der Waals surface area (Å²) >= 11 is 1.77. The third kappa shape index (κ3) is 5.78. The van der Waals surface area contributed by atoms with Gasteiger partial charge in [-0.1, -0.05) is 75.9 Å². The smallest absolute Gasteiger partial charge is 0.347 e. The van der Waals surface area contributed by atoms with Gasteiger partial charge >= 0.3 is 5.63 Å². The lowest BCUT2D eigenvalue weighted by molar-refractivity contribution is -0.122. The van der Waals surface area contributed by atoms with Crippen LogP contribution in [-0.4, -0.2) is 17.4 Å². The first-order valence-corrected chi connectivity index (χ1v) is 14.1. The average molecular weight is 532 g/mol. The van der Waals surface area contributed by atoms with Gasteiger partial charge in [0, 0.05) is 24.2 Å². The van der Waals surface area contributed by atoms with Crippen LogP contribution in [0.25, 0.3) is 10.9 Å². The molecule has 1 N–H and O–H groups in total. The summed E-state index contributed by atoms with van der Waals surface area (Å²) in [6.45, 7) is 10.5. The van der Waals surface area contributed by atoms with Crippen LogP contribution in [0.15, 0.2) is 85.7 Å². The molecule has 5 rings (SSSR count). The number of carbonyl (C=O) groups is 1. The third-order valence-corrected chi connectivity index (χ3v) is 7.58. The predicted molar refractivity (Wildman–Crippen MR) is 157 cm³/mol. The number of benzene rings is 3. The van der Waals surface area contributed by atoms with Crippen molar-refractivity contribution in [2.45, 2.75) is 63.3 Å². The quantitative estimate of drug-likeness (QED) is 0.264. The predicted octanol–water partition coefficient (Wildman–Crippen LogP) is 7.67. The second kappa shape index (κ2) is 12.3. The van der Waals surface area contributed by atoms with Gasteiger partial charge in [-0.25, -0.2) is 9.78 Å². The van der Waals surface area contributed by atoms with Gasteiger partial charge in [-0.2, -0.15) is 0 Å². The lowest BCUT2D eigenvalue weighted by atomic mass is 10.0. The number of rotatable bonds is 7. The molecule has 0 unspecified atom stereocenters. The summed E-state index contributed by atoms with van der Waals surface area (Å²) in [5.41, 5.74) is 3.32. The van der Waals surface area contributed by atoms with E-state index in [-0.39, 0.29) is 19.1 Å². The maximum absolute atomic E-state index is 13.0. The molecule has 1 atom stereocenters. The van der Waals surface area contributed by atoms with Crippen LogP contribution in [0.3, 0.4) is 0 Å².